The van der Waals surface area contributed by atoms with Gasteiger partial charge in [-0.1, -0.05) is 58.3 Å². The third-order valence-corrected chi connectivity index (χ3v) is 5.56. The maximum absolute atomic E-state index is 10.9. The lowest BCUT2D eigenvalue weighted by Crippen LogP contribution is -2.58. The van der Waals surface area contributed by atoms with Gasteiger partial charge in [-0.05, 0) is 19.3 Å². The third-order valence-electron chi connectivity index (χ3n) is 5.56. The fourth-order valence-electron chi connectivity index (χ4n) is 4.24. The number of ether oxygens (including phenoxy) is 1. The van der Waals surface area contributed by atoms with Gasteiger partial charge in [0.2, 0.25) is 0 Å². The summed E-state index contributed by atoms with van der Waals surface area (Å²) in [5.74, 6) is 0. The molecule has 1 heterocycles. The SMILES string of the molecule is CCCCCCCCC(O)C1(N2CCOCC2)CCCC1. The van der Waals surface area contributed by atoms with Crippen molar-refractivity contribution in [2.24, 2.45) is 0 Å². The van der Waals surface area contributed by atoms with E-state index in [1.165, 1.54) is 64.2 Å². The summed E-state index contributed by atoms with van der Waals surface area (Å²) in [5.41, 5.74) is 0.0766. The second-order valence-electron chi connectivity index (χ2n) is 6.98. The molecule has 1 aliphatic heterocycles. The van der Waals surface area contributed by atoms with E-state index in [0.29, 0.717) is 0 Å². The number of nitrogens with zero attached hydrogens (tertiary/aromatic N) is 1. The van der Waals surface area contributed by atoms with Gasteiger partial charge in [-0.15, -0.1) is 0 Å². The Balaban J connectivity index is 1.77. The van der Waals surface area contributed by atoms with Gasteiger partial charge in [0.25, 0.3) is 0 Å². The summed E-state index contributed by atoms with van der Waals surface area (Å²) < 4.78 is 5.50. The third kappa shape index (κ3) is 4.67. The minimum atomic E-state index is -0.135. The Hall–Kier alpha value is -0.120. The highest BCUT2D eigenvalue weighted by molar-refractivity contribution is 5.00. The van der Waals surface area contributed by atoms with Crippen molar-refractivity contribution in [3.05, 3.63) is 0 Å². The number of morpholine rings is 1. The minimum absolute atomic E-state index is 0.0766. The van der Waals surface area contributed by atoms with E-state index in [2.05, 4.69) is 11.8 Å². The molecule has 3 nitrogen and oxygen atoms in total. The largest absolute Gasteiger partial charge is 0.391 e. The highest BCUT2D eigenvalue weighted by Crippen LogP contribution is 2.40. The van der Waals surface area contributed by atoms with E-state index in [0.717, 1.165) is 32.7 Å². The molecular formula is C18H35NO2. The first-order chi connectivity index (χ1) is 10.3. The van der Waals surface area contributed by atoms with Crippen molar-refractivity contribution in [1.29, 1.82) is 0 Å². The molecule has 0 spiro atoms. The van der Waals surface area contributed by atoms with Gasteiger partial charge in [0.05, 0.1) is 19.3 Å². The van der Waals surface area contributed by atoms with Crippen LogP contribution in [0.15, 0.2) is 0 Å². The predicted molar refractivity (Wildman–Crippen MR) is 87.6 cm³/mol. The first-order valence-corrected chi connectivity index (χ1v) is 9.30. The normalized spacial score (nSPS) is 24.3. The molecule has 2 fully saturated rings. The maximum Gasteiger partial charge on any atom is 0.0723 e. The number of aliphatic hydroxyl groups excluding tert-OH is 1. The van der Waals surface area contributed by atoms with Gasteiger partial charge in [0, 0.05) is 18.6 Å². The van der Waals surface area contributed by atoms with Crippen molar-refractivity contribution in [1.82, 2.24) is 4.90 Å². The zero-order valence-electron chi connectivity index (χ0n) is 14.0. The highest BCUT2D eigenvalue weighted by Gasteiger charge is 2.45. The van der Waals surface area contributed by atoms with E-state index in [1.807, 2.05) is 0 Å². The van der Waals surface area contributed by atoms with E-state index >= 15 is 0 Å². The van der Waals surface area contributed by atoms with Crippen molar-refractivity contribution in [2.75, 3.05) is 26.3 Å². The van der Waals surface area contributed by atoms with Crippen LogP contribution in [-0.2, 0) is 4.74 Å². The number of aliphatic hydroxyl groups is 1. The number of rotatable bonds is 9. The van der Waals surface area contributed by atoms with Crippen LogP contribution >= 0.6 is 0 Å². The van der Waals surface area contributed by atoms with E-state index in [-0.39, 0.29) is 11.6 Å². The van der Waals surface area contributed by atoms with E-state index in [9.17, 15) is 5.11 Å². The maximum atomic E-state index is 10.9. The molecule has 1 atom stereocenters. The molecule has 0 bridgehead atoms. The summed E-state index contributed by atoms with van der Waals surface area (Å²) in [6.07, 6.45) is 13.6. The van der Waals surface area contributed by atoms with E-state index in [4.69, 9.17) is 4.74 Å². The van der Waals surface area contributed by atoms with Gasteiger partial charge >= 0.3 is 0 Å². The number of unbranched alkanes of at least 4 members (excludes halogenated alkanes) is 5. The van der Waals surface area contributed by atoms with Crippen LogP contribution in [0.1, 0.15) is 77.6 Å². The molecule has 1 aliphatic carbocycles. The predicted octanol–water partition coefficient (Wildman–Crippen LogP) is 3.74. The molecule has 1 unspecified atom stereocenters. The number of hydrogen-bond acceptors (Lipinski definition) is 3. The zero-order chi connectivity index (χ0) is 15.0. The zero-order valence-corrected chi connectivity index (χ0v) is 14.0. The summed E-state index contributed by atoms with van der Waals surface area (Å²) >= 11 is 0. The van der Waals surface area contributed by atoms with Crippen LogP contribution in [0.5, 0.6) is 0 Å². The quantitative estimate of drug-likeness (QED) is 0.658. The average Bonchev–Trinajstić information content (AvgIpc) is 3.02. The van der Waals surface area contributed by atoms with Crippen molar-refractivity contribution in [3.63, 3.8) is 0 Å². The first kappa shape index (κ1) is 17.2. The molecule has 0 aromatic heterocycles. The Kier molecular flexibility index (Phi) is 7.48. The molecule has 124 valence electrons. The lowest BCUT2D eigenvalue weighted by molar-refractivity contribution is -0.0784. The van der Waals surface area contributed by atoms with Gasteiger partial charge in [-0.25, -0.2) is 0 Å². The van der Waals surface area contributed by atoms with Crippen molar-refractivity contribution in [2.45, 2.75) is 89.2 Å². The molecule has 1 saturated carbocycles. The topological polar surface area (TPSA) is 32.7 Å². The minimum Gasteiger partial charge on any atom is -0.391 e. The molecule has 0 amide bonds. The van der Waals surface area contributed by atoms with Gasteiger partial charge < -0.3 is 9.84 Å². The molecule has 0 aromatic carbocycles. The van der Waals surface area contributed by atoms with E-state index in [1.54, 1.807) is 0 Å². The lowest BCUT2D eigenvalue weighted by Gasteiger charge is -2.46. The van der Waals surface area contributed by atoms with Crippen LogP contribution in [0, 0.1) is 0 Å². The van der Waals surface area contributed by atoms with Crippen LogP contribution in [0.3, 0.4) is 0 Å². The molecule has 2 rings (SSSR count). The molecule has 1 saturated heterocycles. The fraction of sp³-hybridized carbons (Fsp3) is 1.00. The average molecular weight is 297 g/mol. The molecule has 21 heavy (non-hydrogen) atoms. The monoisotopic (exact) mass is 297 g/mol. The highest BCUT2D eigenvalue weighted by atomic mass is 16.5. The van der Waals surface area contributed by atoms with Gasteiger partial charge in [-0.3, -0.25) is 4.90 Å². The molecular weight excluding hydrogens is 262 g/mol. The molecule has 0 radical (unpaired) electrons. The second kappa shape index (κ2) is 9.12. The van der Waals surface area contributed by atoms with Crippen LogP contribution in [-0.4, -0.2) is 48.0 Å². The summed E-state index contributed by atoms with van der Waals surface area (Å²) in [6, 6.07) is 0. The summed E-state index contributed by atoms with van der Waals surface area (Å²) in [7, 11) is 0. The van der Waals surface area contributed by atoms with Crippen LogP contribution in [0.2, 0.25) is 0 Å². The number of hydrogen-bond donors (Lipinski definition) is 1. The Morgan fingerprint density at radius 2 is 1.62 bits per heavy atom. The Morgan fingerprint density at radius 1 is 1.00 bits per heavy atom. The fourth-order valence-corrected chi connectivity index (χ4v) is 4.24. The Labute approximate surface area is 131 Å². The summed E-state index contributed by atoms with van der Waals surface area (Å²) in [4.78, 5) is 2.55. The van der Waals surface area contributed by atoms with Crippen molar-refractivity contribution < 1.29 is 9.84 Å². The van der Waals surface area contributed by atoms with Crippen molar-refractivity contribution >= 4 is 0 Å². The van der Waals surface area contributed by atoms with Crippen LogP contribution in [0.4, 0.5) is 0 Å². The first-order valence-electron chi connectivity index (χ1n) is 9.30. The second-order valence-corrected chi connectivity index (χ2v) is 6.98. The van der Waals surface area contributed by atoms with Gasteiger partial charge in [0.1, 0.15) is 0 Å². The lowest BCUT2D eigenvalue weighted by atomic mass is 9.84. The molecule has 3 heteroatoms. The Bertz CT molecular complexity index is 270. The smallest absolute Gasteiger partial charge is 0.0723 e. The van der Waals surface area contributed by atoms with Gasteiger partial charge in [-0.2, -0.15) is 0 Å². The summed E-state index contributed by atoms with van der Waals surface area (Å²) in [6.45, 7) is 5.95. The summed E-state index contributed by atoms with van der Waals surface area (Å²) in [5, 5.41) is 10.9. The van der Waals surface area contributed by atoms with Crippen LogP contribution in [0.25, 0.3) is 0 Å². The standard InChI is InChI=1S/C18H35NO2/c1-2-3-4-5-6-7-10-17(20)18(11-8-9-12-18)19-13-15-21-16-14-19/h17,20H,2-16H2,1H3. The van der Waals surface area contributed by atoms with Crippen LogP contribution < -0.4 is 0 Å². The molecule has 2 aliphatic rings. The van der Waals surface area contributed by atoms with E-state index < -0.39 is 0 Å². The molecule has 0 aromatic rings. The van der Waals surface area contributed by atoms with Gasteiger partial charge in [0.15, 0.2) is 0 Å². The molecule has 1 N–H and O–H groups in total. The Morgan fingerprint density at radius 3 is 2.29 bits per heavy atom. The van der Waals surface area contributed by atoms with Crippen molar-refractivity contribution in [3.8, 4) is 0 Å².